The lowest BCUT2D eigenvalue weighted by atomic mass is 10.0. The van der Waals surface area contributed by atoms with Crippen LogP contribution in [0.15, 0.2) is 0 Å². The van der Waals surface area contributed by atoms with Crippen molar-refractivity contribution in [3.05, 3.63) is 0 Å². The second kappa shape index (κ2) is 8.79. The third kappa shape index (κ3) is 7.04. The highest BCUT2D eigenvalue weighted by Crippen LogP contribution is 2.00. The van der Waals surface area contributed by atoms with Gasteiger partial charge in [-0.15, -0.1) is 12.4 Å². The first-order valence-corrected chi connectivity index (χ1v) is 5.73. The molecule has 0 unspecified atom stereocenters. The van der Waals surface area contributed by atoms with E-state index in [2.05, 4.69) is 24.5 Å². The highest BCUT2D eigenvalue weighted by molar-refractivity contribution is 5.85. The molecule has 0 aliphatic carbocycles. The molecule has 1 fully saturated rings. The maximum absolute atomic E-state index is 11.3. The van der Waals surface area contributed by atoms with Crippen molar-refractivity contribution in [2.24, 2.45) is 11.8 Å². The number of hydrogen-bond donors (Lipinski definition) is 2. The van der Waals surface area contributed by atoms with Crippen LogP contribution in [-0.2, 0) is 9.53 Å². The molecular weight excluding hydrogens is 228 g/mol. The predicted octanol–water partition coefficient (Wildman–Crippen LogP) is 0.806. The molecule has 0 radical (unpaired) electrons. The molecule has 16 heavy (non-hydrogen) atoms. The van der Waals surface area contributed by atoms with E-state index < -0.39 is 0 Å². The molecular formula is C11H23ClN2O2. The second-order valence-electron chi connectivity index (χ2n) is 4.55. The largest absolute Gasteiger partial charge is 0.381 e. The lowest BCUT2D eigenvalue weighted by Gasteiger charge is -2.27. The second-order valence-corrected chi connectivity index (χ2v) is 4.55. The fraction of sp³-hybridized carbons (Fsp3) is 0.909. The predicted molar refractivity (Wildman–Crippen MR) is 66.9 cm³/mol. The van der Waals surface area contributed by atoms with Gasteiger partial charge in [0.15, 0.2) is 0 Å². The van der Waals surface area contributed by atoms with Crippen LogP contribution < -0.4 is 10.6 Å². The first-order valence-electron chi connectivity index (χ1n) is 5.73. The normalized spacial score (nSPS) is 15.4. The molecule has 0 aromatic heterocycles. The van der Waals surface area contributed by atoms with Gasteiger partial charge in [0.05, 0.1) is 6.61 Å². The Balaban J connectivity index is 0.00000225. The van der Waals surface area contributed by atoms with Crippen LogP contribution in [0.4, 0.5) is 0 Å². The van der Waals surface area contributed by atoms with Gasteiger partial charge in [-0.2, -0.15) is 0 Å². The molecule has 0 aromatic rings. The average molecular weight is 251 g/mol. The van der Waals surface area contributed by atoms with E-state index in [1.807, 2.05) is 0 Å². The molecule has 1 amide bonds. The smallest absolute Gasteiger partial charge is 0.222 e. The van der Waals surface area contributed by atoms with E-state index >= 15 is 0 Å². The molecule has 1 rings (SSSR count). The monoisotopic (exact) mass is 250 g/mol. The van der Waals surface area contributed by atoms with Crippen LogP contribution in [0.1, 0.15) is 20.3 Å². The molecule has 0 bridgehead atoms. The zero-order chi connectivity index (χ0) is 11.1. The van der Waals surface area contributed by atoms with Crippen LogP contribution in [-0.4, -0.2) is 38.8 Å². The lowest BCUT2D eigenvalue weighted by Crippen LogP contribution is -2.48. The number of ether oxygens (including phenoxy) is 1. The van der Waals surface area contributed by atoms with Gasteiger partial charge in [-0.25, -0.2) is 0 Å². The molecule has 0 spiro atoms. The Morgan fingerprint density at radius 3 is 2.69 bits per heavy atom. The maximum Gasteiger partial charge on any atom is 0.222 e. The average Bonchev–Trinajstić information content (AvgIpc) is 2.09. The fourth-order valence-electron chi connectivity index (χ4n) is 1.32. The summed E-state index contributed by atoms with van der Waals surface area (Å²) in [6.45, 7) is 8.34. The lowest BCUT2D eigenvalue weighted by molar-refractivity contribution is -0.122. The Morgan fingerprint density at radius 1 is 1.50 bits per heavy atom. The zero-order valence-electron chi connectivity index (χ0n) is 10.1. The van der Waals surface area contributed by atoms with Gasteiger partial charge in [-0.1, -0.05) is 13.8 Å². The van der Waals surface area contributed by atoms with Gasteiger partial charge in [-0.3, -0.25) is 4.79 Å². The summed E-state index contributed by atoms with van der Waals surface area (Å²) < 4.78 is 5.34. The van der Waals surface area contributed by atoms with Crippen molar-refractivity contribution in [3.63, 3.8) is 0 Å². The van der Waals surface area contributed by atoms with E-state index in [0.29, 0.717) is 24.9 Å². The molecule has 1 aliphatic heterocycles. The Kier molecular flexibility index (Phi) is 8.61. The van der Waals surface area contributed by atoms with Crippen molar-refractivity contribution in [2.75, 3.05) is 32.8 Å². The van der Waals surface area contributed by atoms with Gasteiger partial charge in [0, 0.05) is 38.6 Å². The first-order chi connectivity index (χ1) is 7.18. The molecule has 1 heterocycles. The molecule has 0 saturated carbocycles. The van der Waals surface area contributed by atoms with Crippen LogP contribution in [0.3, 0.4) is 0 Å². The number of rotatable bonds is 7. The summed E-state index contributed by atoms with van der Waals surface area (Å²) in [6, 6.07) is 0. The van der Waals surface area contributed by atoms with Crippen molar-refractivity contribution in [1.82, 2.24) is 10.6 Å². The number of hydrogen-bond acceptors (Lipinski definition) is 3. The van der Waals surface area contributed by atoms with Crippen molar-refractivity contribution in [2.45, 2.75) is 20.3 Å². The van der Waals surface area contributed by atoms with Crippen LogP contribution in [0.25, 0.3) is 0 Å². The highest BCUT2D eigenvalue weighted by Gasteiger charge is 2.16. The van der Waals surface area contributed by atoms with E-state index in [-0.39, 0.29) is 18.3 Å². The number of halogens is 1. The maximum atomic E-state index is 11.3. The van der Waals surface area contributed by atoms with Crippen molar-refractivity contribution in [3.8, 4) is 0 Å². The van der Waals surface area contributed by atoms with Gasteiger partial charge in [0.2, 0.25) is 5.91 Å². The van der Waals surface area contributed by atoms with Gasteiger partial charge in [-0.05, 0) is 5.92 Å². The minimum atomic E-state index is 0. The Morgan fingerprint density at radius 2 is 2.19 bits per heavy atom. The summed E-state index contributed by atoms with van der Waals surface area (Å²) in [7, 11) is 0. The minimum Gasteiger partial charge on any atom is -0.381 e. The van der Waals surface area contributed by atoms with E-state index in [0.717, 1.165) is 26.2 Å². The molecule has 2 N–H and O–H groups in total. The first kappa shape index (κ1) is 15.7. The topological polar surface area (TPSA) is 50.4 Å². The molecule has 4 nitrogen and oxygen atoms in total. The summed E-state index contributed by atoms with van der Waals surface area (Å²) in [5.74, 6) is 1.27. The molecule has 0 aromatic carbocycles. The molecule has 5 heteroatoms. The molecule has 1 saturated heterocycles. The van der Waals surface area contributed by atoms with Gasteiger partial charge in [0.1, 0.15) is 0 Å². The van der Waals surface area contributed by atoms with E-state index in [4.69, 9.17) is 4.74 Å². The highest BCUT2D eigenvalue weighted by atomic mass is 35.5. The molecule has 96 valence electrons. The summed E-state index contributed by atoms with van der Waals surface area (Å²) >= 11 is 0. The zero-order valence-corrected chi connectivity index (χ0v) is 10.9. The van der Waals surface area contributed by atoms with Crippen LogP contribution in [0, 0.1) is 11.8 Å². The Labute approximate surface area is 104 Å². The summed E-state index contributed by atoms with van der Waals surface area (Å²) in [4.78, 5) is 11.3. The van der Waals surface area contributed by atoms with Crippen LogP contribution in [0.2, 0.25) is 0 Å². The Hall–Kier alpha value is -0.320. The number of amides is 1. The van der Waals surface area contributed by atoms with Gasteiger partial charge < -0.3 is 15.4 Å². The number of carbonyl (C=O) groups excluding carboxylic acids is 1. The fourth-order valence-corrected chi connectivity index (χ4v) is 1.32. The SMILES string of the molecule is CC(C)COCCC(=O)NCC1CNC1.Cl. The number of carbonyl (C=O) groups is 1. The van der Waals surface area contributed by atoms with E-state index in [1.165, 1.54) is 0 Å². The molecule has 1 aliphatic rings. The third-order valence-electron chi connectivity index (χ3n) is 2.38. The summed E-state index contributed by atoms with van der Waals surface area (Å²) in [6.07, 6.45) is 0.479. The van der Waals surface area contributed by atoms with Crippen molar-refractivity contribution >= 4 is 18.3 Å². The minimum absolute atomic E-state index is 0. The van der Waals surface area contributed by atoms with Gasteiger partial charge >= 0.3 is 0 Å². The van der Waals surface area contributed by atoms with Crippen LogP contribution in [0.5, 0.6) is 0 Å². The van der Waals surface area contributed by atoms with Crippen LogP contribution >= 0.6 is 12.4 Å². The quantitative estimate of drug-likeness (QED) is 0.658. The molecule has 0 atom stereocenters. The van der Waals surface area contributed by atoms with E-state index in [1.54, 1.807) is 0 Å². The van der Waals surface area contributed by atoms with Crippen molar-refractivity contribution in [1.29, 1.82) is 0 Å². The summed E-state index contributed by atoms with van der Waals surface area (Å²) in [5, 5.41) is 6.09. The summed E-state index contributed by atoms with van der Waals surface area (Å²) in [5.41, 5.74) is 0. The Bertz CT molecular complexity index is 196. The van der Waals surface area contributed by atoms with Gasteiger partial charge in [0.25, 0.3) is 0 Å². The van der Waals surface area contributed by atoms with Crippen molar-refractivity contribution < 1.29 is 9.53 Å². The van der Waals surface area contributed by atoms with E-state index in [9.17, 15) is 4.79 Å². The third-order valence-corrected chi connectivity index (χ3v) is 2.38. The number of nitrogens with one attached hydrogen (secondary N) is 2. The standard InChI is InChI=1S/C11H22N2O2.ClH/c1-9(2)8-15-4-3-11(14)13-7-10-5-12-6-10;/h9-10,12H,3-8H2,1-2H3,(H,13,14);1H.